The third kappa shape index (κ3) is 4.28. The Morgan fingerprint density at radius 2 is 1.76 bits per heavy atom. The van der Waals surface area contributed by atoms with Crippen LogP contribution in [0.5, 0.6) is 5.75 Å². The molecule has 1 heterocycles. The third-order valence-electron chi connectivity index (χ3n) is 5.26. The maximum atomic E-state index is 12.8. The minimum atomic E-state index is -1.23. The normalized spacial score (nSPS) is 11.2. The lowest BCUT2D eigenvalue weighted by Gasteiger charge is -2.07. The molecule has 3 aromatic carbocycles. The van der Waals surface area contributed by atoms with Gasteiger partial charge < -0.3 is 10.2 Å². The number of nitrogens with one attached hydrogen (secondary N) is 1. The summed E-state index contributed by atoms with van der Waals surface area (Å²) in [7, 11) is 0. The fraction of sp³-hybridized carbons (Fsp3) is 0.0833. The number of phenols is 1. The summed E-state index contributed by atoms with van der Waals surface area (Å²) in [5, 5.41) is 30.6. The summed E-state index contributed by atoms with van der Waals surface area (Å²) in [4.78, 5) is 24.1. The summed E-state index contributed by atoms with van der Waals surface area (Å²) in [6.45, 7) is 3.93. The highest BCUT2D eigenvalue weighted by molar-refractivity contribution is 6.31. The number of carbonyl (C=O) groups is 1. The van der Waals surface area contributed by atoms with Gasteiger partial charge in [-0.2, -0.15) is 5.11 Å². The predicted molar refractivity (Wildman–Crippen MR) is 126 cm³/mol. The van der Waals surface area contributed by atoms with Crippen LogP contribution >= 0.6 is 11.6 Å². The zero-order valence-electron chi connectivity index (χ0n) is 17.7. The highest BCUT2D eigenvalue weighted by Crippen LogP contribution is 2.34. The van der Waals surface area contributed by atoms with Gasteiger partial charge >= 0.3 is 11.5 Å². The Labute approximate surface area is 193 Å². The van der Waals surface area contributed by atoms with Gasteiger partial charge in [0.05, 0.1) is 11.4 Å². The second kappa shape index (κ2) is 8.76. The van der Waals surface area contributed by atoms with Crippen molar-refractivity contribution in [1.82, 2.24) is 9.78 Å². The molecule has 3 N–H and O–H groups in total. The minimum absolute atomic E-state index is 0.0454. The number of aromatic amines is 1. The number of hydrogen-bond donors (Lipinski definition) is 3. The summed E-state index contributed by atoms with van der Waals surface area (Å²) < 4.78 is 1.30. The van der Waals surface area contributed by atoms with Crippen molar-refractivity contribution >= 4 is 28.9 Å². The van der Waals surface area contributed by atoms with Crippen LogP contribution < -0.4 is 5.56 Å². The van der Waals surface area contributed by atoms with E-state index in [9.17, 15) is 19.8 Å². The van der Waals surface area contributed by atoms with E-state index < -0.39 is 11.5 Å². The maximum Gasteiger partial charge on any atom is 0.339 e. The van der Waals surface area contributed by atoms with Gasteiger partial charge in [-0.05, 0) is 60.9 Å². The number of nitrogens with zero attached hydrogens (tertiary/aromatic N) is 3. The molecule has 1 aromatic heterocycles. The van der Waals surface area contributed by atoms with E-state index in [2.05, 4.69) is 15.3 Å². The molecule has 0 aliphatic carbocycles. The number of H-pyrrole nitrogens is 1. The zero-order valence-corrected chi connectivity index (χ0v) is 18.5. The second-order valence-electron chi connectivity index (χ2n) is 7.44. The summed E-state index contributed by atoms with van der Waals surface area (Å²) >= 11 is 6.21. The number of benzene rings is 3. The highest BCUT2D eigenvalue weighted by atomic mass is 35.5. The first-order chi connectivity index (χ1) is 15.8. The van der Waals surface area contributed by atoms with Crippen molar-refractivity contribution in [3.8, 4) is 22.6 Å². The van der Waals surface area contributed by atoms with Gasteiger partial charge in [-0.3, -0.25) is 9.89 Å². The number of aromatic nitrogens is 2. The fourth-order valence-corrected chi connectivity index (χ4v) is 3.53. The lowest BCUT2D eigenvalue weighted by atomic mass is 10.0. The van der Waals surface area contributed by atoms with Crippen LogP contribution in [0.2, 0.25) is 5.15 Å². The molecular formula is C24H19ClN4O4. The van der Waals surface area contributed by atoms with Crippen LogP contribution in [0.25, 0.3) is 16.8 Å². The van der Waals surface area contributed by atoms with Gasteiger partial charge in [0.2, 0.25) is 0 Å². The van der Waals surface area contributed by atoms with Crippen LogP contribution in [0.4, 0.5) is 11.4 Å². The molecule has 0 aliphatic rings. The predicted octanol–water partition coefficient (Wildman–Crippen LogP) is 5.92. The van der Waals surface area contributed by atoms with E-state index in [1.165, 1.54) is 10.7 Å². The zero-order chi connectivity index (χ0) is 23.7. The number of aromatic carboxylic acids is 1. The molecule has 0 fully saturated rings. The van der Waals surface area contributed by atoms with E-state index in [0.717, 1.165) is 11.1 Å². The number of rotatable bonds is 5. The Morgan fingerprint density at radius 1 is 1.00 bits per heavy atom. The van der Waals surface area contributed by atoms with Crippen molar-refractivity contribution in [2.24, 2.45) is 10.2 Å². The first kappa shape index (κ1) is 22.0. The number of carboxylic acid groups (broad SMARTS) is 1. The number of aryl methyl sites for hydroxylation is 2. The van der Waals surface area contributed by atoms with Crippen LogP contribution in [0.15, 0.2) is 75.7 Å². The van der Waals surface area contributed by atoms with Crippen LogP contribution in [0, 0.1) is 13.8 Å². The van der Waals surface area contributed by atoms with E-state index in [4.69, 9.17) is 11.6 Å². The highest BCUT2D eigenvalue weighted by Gasteiger charge is 2.16. The molecule has 0 radical (unpaired) electrons. The Bertz CT molecular complexity index is 1470. The first-order valence-electron chi connectivity index (χ1n) is 9.92. The topological polar surface area (TPSA) is 120 Å². The monoisotopic (exact) mass is 462 g/mol. The van der Waals surface area contributed by atoms with Crippen molar-refractivity contribution in [1.29, 1.82) is 0 Å². The largest absolute Gasteiger partial charge is 0.506 e. The number of halogens is 1. The van der Waals surface area contributed by atoms with Crippen molar-refractivity contribution in [2.75, 3.05) is 0 Å². The minimum Gasteiger partial charge on any atom is -0.506 e. The molecule has 8 nitrogen and oxygen atoms in total. The molecule has 0 bridgehead atoms. The van der Waals surface area contributed by atoms with Crippen molar-refractivity contribution in [3.63, 3.8) is 0 Å². The molecule has 166 valence electrons. The number of carboxylic acids is 1. The van der Waals surface area contributed by atoms with Crippen molar-refractivity contribution in [3.05, 3.63) is 92.9 Å². The van der Waals surface area contributed by atoms with Gasteiger partial charge in [0, 0.05) is 5.56 Å². The Kier molecular flexibility index (Phi) is 5.85. The summed E-state index contributed by atoms with van der Waals surface area (Å²) in [5.41, 5.74) is 3.33. The van der Waals surface area contributed by atoms with Crippen LogP contribution in [0.1, 0.15) is 21.5 Å². The quantitative estimate of drug-likeness (QED) is 0.318. The molecule has 9 heteroatoms. The van der Waals surface area contributed by atoms with Crippen LogP contribution in [0.3, 0.4) is 0 Å². The summed E-state index contributed by atoms with van der Waals surface area (Å²) in [6.07, 6.45) is 0. The van der Waals surface area contributed by atoms with Crippen LogP contribution in [-0.4, -0.2) is 26.0 Å². The van der Waals surface area contributed by atoms with E-state index in [1.54, 1.807) is 42.5 Å². The maximum absolute atomic E-state index is 12.8. The number of para-hydroxylation sites is 1. The van der Waals surface area contributed by atoms with Crippen molar-refractivity contribution < 1.29 is 15.0 Å². The van der Waals surface area contributed by atoms with Gasteiger partial charge in [0.25, 0.3) is 0 Å². The fourth-order valence-electron chi connectivity index (χ4n) is 3.33. The lowest BCUT2D eigenvalue weighted by molar-refractivity contribution is 0.0694. The molecule has 4 rings (SSSR count). The lowest BCUT2D eigenvalue weighted by Crippen LogP contribution is -2.14. The smallest absolute Gasteiger partial charge is 0.339 e. The van der Waals surface area contributed by atoms with E-state index >= 15 is 0 Å². The summed E-state index contributed by atoms with van der Waals surface area (Å²) in [6, 6.07) is 16.7. The molecule has 33 heavy (non-hydrogen) atoms. The van der Waals surface area contributed by atoms with Gasteiger partial charge in [-0.1, -0.05) is 41.9 Å². The molecule has 0 spiro atoms. The molecule has 0 saturated heterocycles. The van der Waals surface area contributed by atoms with E-state index in [-0.39, 0.29) is 22.2 Å². The SMILES string of the molecule is Cc1ccc(-n2[nH]c(Cl)c(N=Nc3cccc(-c4cccc(C(=O)O)c4O)c3)c2=O)cc1C. The molecule has 0 amide bonds. The molecule has 0 unspecified atom stereocenters. The molecule has 0 saturated carbocycles. The number of azo groups is 1. The molecule has 4 aromatic rings. The first-order valence-corrected chi connectivity index (χ1v) is 10.3. The molecular weight excluding hydrogens is 444 g/mol. The third-order valence-corrected chi connectivity index (χ3v) is 5.52. The average molecular weight is 463 g/mol. The van der Waals surface area contributed by atoms with Gasteiger partial charge in [0.15, 0.2) is 10.8 Å². The standard InChI is InChI=1S/C24H19ClN4O4/c1-13-9-10-17(11-14(13)2)29-23(31)20(22(25)28-29)27-26-16-6-3-5-15(12-16)18-7-4-8-19(21(18)30)24(32)33/h3-12,28,30H,1-2H3,(H,32,33). The van der Waals surface area contributed by atoms with Gasteiger partial charge in [-0.25, -0.2) is 9.48 Å². The van der Waals surface area contributed by atoms with Gasteiger partial charge in [-0.15, -0.1) is 5.11 Å². The second-order valence-corrected chi connectivity index (χ2v) is 7.82. The Morgan fingerprint density at radius 3 is 2.48 bits per heavy atom. The van der Waals surface area contributed by atoms with E-state index in [0.29, 0.717) is 22.5 Å². The Balaban J connectivity index is 1.68. The average Bonchev–Trinajstić information content (AvgIpc) is 3.07. The Hall–Kier alpha value is -4.17. The molecule has 0 aliphatic heterocycles. The van der Waals surface area contributed by atoms with Gasteiger partial charge in [0.1, 0.15) is 11.3 Å². The van der Waals surface area contributed by atoms with Crippen molar-refractivity contribution in [2.45, 2.75) is 13.8 Å². The number of aromatic hydroxyl groups is 1. The molecule has 0 atom stereocenters. The van der Waals surface area contributed by atoms with E-state index in [1.807, 2.05) is 26.0 Å². The number of hydrogen-bond acceptors (Lipinski definition) is 5. The van der Waals surface area contributed by atoms with Crippen LogP contribution in [-0.2, 0) is 0 Å². The summed E-state index contributed by atoms with van der Waals surface area (Å²) in [5.74, 6) is -1.57.